The maximum atomic E-state index is 5.53. The van der Waals surface area contributed by atoms with E-state index in [0.29, 0.717) is 6.04 Å². The third-order valence-electron chi connectivity index (χ3n) is 2.11. The molecule has 0 aromatic rings. The van der Waals surface area contributed by atoms with Crippen LogP contribution in [0, 0.1) is 0 Å². The van der Waals surface area contributed by atoms with E-state index in [1.807, 2.05) is 6.92 Å². The van der Waals surface area contributed by atoms with Gasteiger partial charge in [-0.25, -0.2) is 0 Å². The second-order valence-electron chi connectivity index (χ2n) is 3.81. The van der Waals surface area contributed by atoms with Gasteiger partial charge >= 0.3 is 0 Å². The summed E-state index contributed by atoms with van der Waals surface area (Å²) in [5, 5.41) is 0. The van der Waals surface area contributed by atoms with E-state index in [4.69, 9.17) is 11.5 Å². The summed E-state index contributed by atoms with van der Waals surface area (Å²) in [6, 6.07) is 0.546. The van der Waals surface area contributed by atoms with Crippen LogP contribution in [0.5, 0.6) is 0 Å². The van der Waals surface area contributed by atoms with Crippen LogP contribution in [-0.4, -0.2) is 12.6 Å². The summed E-state index contributed by atoms with van der Waals surface area (Å²) >= 11 is 0. The van der Waals surface area contributed by atoms with E-state index in [-0.39, 0.29) is 7.43 Å². The maximum Gasteiger partial charge on any atom is 0.00388 e. The molecule has 1 rings (SSSR count). The summed E-state index contributed by atoms with van der Waals surface area (Å²) in [6.07, 6.45) is 9.33. The molecular weight excluding hydrogens is 184 g/mol. The molecule has 96 valence electrons. The molecule has 0 bridgehead atoms. The Balaban J connectivity index is -0.000000148. The van der Waals surface area contributed by atoms with Crippen LogP contribution in [0.2, 0.25) is 0 Å². The molecule has 0 radical (unpaired) electrons. The Morgan fingerprint density at radius 2 is 1.33 bits per heavy atom. The van der Waals surface area contributed by atoms with Crippen molar-refractivity contribution >= 4 is 0 Å². The molecule has 0 saturated heterocycles. The van der Waals surface area contributed by atoms with Crippen LogP contribution in [0.1, 0.15) is 73.1 Å². The van der Waals surface area contributed by atoms with Crippen LogP contribution >= 0.6 is 0 Å². The summed E-state index contributed by atoms with van der Waals surface area (Å²) in [5.74, 6) is 0. The van der Waals surface area contributed by atoms with Crippen molar-refractivity contribution in [3.05, 3.63) is 0 Å². The number of hydrogen-bond donors (Lipinski definition) is 2. The first-order chi connectivity index (χ1) is 6.72. The van der Waals surface area contributed by atoms with Gasteiger partial charge in [0.25, 0.3) is 0 Å². The number of hydrogen-bond acceptors (Lipinski definition) is 2. The molecule has 0 amide bonds. The van der Waals surface area contributed by atoms with Gasteiger partial charge in [0.05, 0.1) is 0 Å². The molecule has 2 nitrogen and oxygen atoms in total. The van der Waals surface area contributed by atoms with Crippen LogP contribution < -0.4 is 11.5 Å². The van der Waals surface area contributed by atoms with E-state index in [2.05, 4.69) is 13.8 Å². The fourth-order valence-electron chi connectivity index (χ4n) is 1.31. The Kier molecular flexibility index (Phi) is 26.4. The molecule has 2 heteroatoms. The van der Waals surface area contributed by atoms with Gasteiger partial charge in [-0.3, -0.25) is 0 Å². The predicted molar refractivity (Wildman–Crippen MR) is 73.1 cm³/mol. The lowest BCUT2D eigenvalue weighted by atomic mass is 10.3. The van der Waals surface area contributed by atoms with E-state index >= 15 is 0 Å². The molecule has 1 aliphatic carbocycles. The minimum atomic E-state index is 0. The van der Waals surface area contributed by atoms with E-state index in [0.717, 1.165) is 6.54 Å². The Bertz CT molecular complexity index is 76.6. The Morgan fingerprint density at radius 3 is 1.40 bits per heavy atom. The zero-order valence-corrected chi connectivity index (χ0v) is 10.4. The van der Waals surface area contributed by atoms with Gasteiger partial charge in [-0.1, -0.05) is 60.3 Å². The van der Waals surface area contributed by atoms with E-state index < -0.39 is 0 Å². The molecule has 15 heavy (non-hydrogen) atoms. The lowest BCUT2D eigenvalue weighted by molar-refractivity contribution is 0.704. The van der Waals surface area contributed by atoms with Crippen molar-refractivity contribution in [3.63, 3.8) is 0 Å². The molecule has 1 aliphatic rings. The van der Waals surface area contributed by atoms with Gasteiger partial charge in [0.15, 0.2) is 0 Å². The summed E-state index contributed by atoms with van der Waals surface area (Å²) < 4.78 is 0. The quantitative estimate of drug-likeness (QED) is 0.743. The molecule has 0 aromatic carbocycles. The van der Waals surface area contributed by atoms with Crippen molar-refractivity contribution in [1.82, 2.24) is 0 Å². The topological polar surface area (TPSA) is 52.0 Å². The molecule has 0 unspecified atom stereocenters. The maximum absolute atomic E-state index is 5.53. The highest BCUT2D eigenvalue weighted by molar-refractivity contribution is 4.67. The first-order valence-corrected chi connectivity index (χ1v) is 6.18. The number of nitrogens with two attached hydrogens (primary N) is 2. The first kappa shape index (κ1) is 20.3. The fourth-order valence-corrected chi connectivity index (χ4v) is 1.31. The minimum Gasteiger partial charge on any atom is -0.331 e. The average molecular weight is 218 g/mol. The minimum absolute atomic E-state index is 0. The highest BCUT2D eigenvalue weighted by atomic mass is 14.6. The van der Waals surface area contributed by atoms with Crippen LogP contribution in [0.3, 0.4) is 0 Å². The highest BCUT2D eigenvalue weighted by Crippen LogP contribution is 2.14. The summed E-state index contributed by atoms with van der Waals surface area (Å²) in [4.78, 5) is 0. The second-order valence-corrected chi connectivity index (χ2v) is 3.81. The fraction of sp³-hybridized carbons (Fsp3) is 1.00. The largest absolute Gasteiger partial charge is 0.331 e. The molecule has 0 heterocycles. The molecule has 0 aromatic heterocycles. The van der Waals surface area contributed by atoms with Gasteiger partial charge < -0.3 is 11.5 Å². The molecule has 0 spiro atoms. The van der Waals surface area contributed by atoms with E-state index in [1.54, 1.807) is 0 Å². The highest BCUT2D eigenvalue weighted by Gasteiger charge is 2.07. The van der Waals surface area contributed by atoms with Crippen molar-refractivity contribution in [1.29, 1.82) is 0 Å². The zero-order valence-electron chi connectivity index (χ0n) is 10.4. The van der Waals surface area contributed by atoms with Crippen LogP contribution in [0.4, 0.5) is 0 Å². The Labute approximate surface area is 97.8 Å². The van der Waals surface area contributed by atoms with Crippen molar-refractivity contribution in [2.45, 2.75) is 79.2 Å². The van der Waals surface area contributed by atoms with Gasteiger partial charge in [0.2, 0.25) is 0 Å². The lowest BCUT2D eigenvalue weighted by Crippen LogP contribution is -2.13. The van der Waals surface area contributed by atoms with E-state index in [9.17, 15) is 0 Å². The van der Waals surface area contributed by atoms with Crippen LogP contribution in [0.25, 0.3) is 0 Å². The van der Waals surface area contributed by atoms with Crippen molar-refractivity contribution in [3.8, 4) is 0 Å². The third-order valence-corrected chi connectivity index (χ3v) is 2.11. The molecule has 0 atom stereocenters. The number of rotatable bonds is 2. The van der Waals surface area contributed by atoms with Crippen molar-refractivity contribution in [2.75, 3.05) is 6.54 Å². The van der Waals surface area contributed by atoms with E-state index in [1.165, 1.54) is 44.9 Å². The van der Waals surface area contributed by atoms with Crippen molar-refractivity contribution < 1.29 is 0 Å². The van der Waals surface area contributed by atoms with Gasteiger partial charge in [0, 0.05) is 6.04 Å². The van der Waals surface area contributed by atoms with Crippen LogP contribution in [0.15, 0.2) is 0 Å². The molecule has 1 saturated carbocycles. The Hall–Kier alpha value is -0.0800. The van der Waals surface area contributed by atoms with Gasteiger partial charge in [-0.15, -0.1) is 0 Å². The van der Waals surface area contributed by atoms with Gasteiger partial charge in [-0.05, 0) is 19.4 Å². The monoisotopic (exact) mass is 218 g/mol. The predicted octanol–water partition coefficient (Wildman–Crippen LogP) is 3.69. The van der Waals surface area contributed by atoms with Crippen LogP contribution in [-0.2, 0) is 0 Å². The Morgan fingerprint density at radius 1 is 1.00 bits per heavy atom. The van der Waals surface area contributed by atoms with Crippen molar-refractivity contribution in [2.24, 2.45) is 11.5 Å². The SMILES string of the molecule is C.CCCCC.CCN.NC1CCCC1. The molecule has 4 N–H and O–H groups in total. The summed E-state index contributed by atoms with van der Waals surface area (Å²) in [6.45, 7) is 7.08. The average Bonchev–Trinajstić information content (AvgIpc) is 2.60. The smallest absolute Gasteiger partial charge is 0.00388 e. The van der Waals surface area contributed by atoms with Gasteiger partial charge in [0.1, 0.15) is 0 Å². The lowest BCUT2D eigenvalue weighted by Gasteiger charge is -1.92. The molecule has 1 fully saturated rings. The normalized spacial score (nSPS) is 14.2. The first-order valence-electron chi connectivity index (χ1n) is 6.18. The second kappa shape index (κ2) is 19.5. The summed E-state index contributed by atoms with van der Waals surface area (Å²) in [5.41, 5.74) is 10.4. The summed E-state index contributed by atoms with van der Waals surface area (Å²) in [7, 11) is 0. The molecular formula is C13H34N2. The zero-order chi connectivity index (χ0) is 11.2. The number of unbranched alkanes of at least 4 members (excludes halogenated alkanes) is 2. The third kappa shape index (κ3) is 24.9. The molecule has 0 aliphatic heterocycles. The standard InChI is InChI=1S/C5H11N.C5H12.C2H7N.CH4/c6-5-3-1-2-4-5;1-3-5-4-2;1-2-3;/h5H,1-4,6H2;3-5H2,1-2H3;2-3H2,1H3;1H4. The van der Waals surface area contributed by atoms with Gasteiger partial charge in [-0.2, -0.15) is 0 Å².